The first kappa shape index (κ1) is 36.0. The fourth-order valence-electron chi connectivity index (χ4n) is 8.75. The van der Waals surface area contributed by atoms with E-state index < -0.39 is 0 Å². The summed E-state index contributed by atoms with van der Waals surface area (Å²) in [7, 11) is 0. The third-order valence-electron chi connectivity index (χ3n) is 11.3. The summed E-state index contributed by atoms with van der Waals surface area (Å²) in [5.41, 5.74) is 3.29. The maximum Gasteiger partial charge on any atom is 0.258 e. The number of aromatic nitrogens is 2. The van der Waals surface area contributed by atoms with E-state index in [2.05, 4.69) is 89.6 Å². The van der Waals surface area contributed by atoms with Gasteiger partial charge in [0.05, 0.1) is 5.92 Å². The Hall–Kier alpha value is -6.42. The summed E-state index contributed by atoms with van der Waals surface area (Å²) in [5, 5.41) is 17.9. The molecule has 8 aromatic carbocycles. The minimum absolute atomic E-state index is 0.125. The lowest BCUT2D eigenvalue weighted by molar-refractivity contribution is -0.120. The number of pyridine rings is 2. The number of nitrogens with zero attached hydrogens (tertiary/aromatic N) is 2. The molecule has 278 valence electrons. The summed E-state index contributed by atoms with van der Waals surface area (Å²) in [6.07, 6.45) is 3.82. The van der Waals surface area contributed by atoms with Crippen LogP contribution >= 0.6 is 31.9 Å². The van der Waals surface area contributed by atoms with Crippen LogP contribution in [0, 0.1) is 0 Å². The topological polar surface area (TPSA) is 106 Å². The van der Waals surface area contributed by atoms with Crippen molar-refractivity contribution in [2.45, 2.75) is 19.8 Å². The van der Waals surface area contributed by atoms with Gasteiger partial charge in [0.25, 0.3) is 5.91 Å². The highest BCUT2D eigenvalue weighted by atomic mass is 79.9. The number of amides is 2. The van der Waals surface area contributed by atoms with Gasteiger partial charge in [-0.3, -0.25) is 24.5 Å². The first-order valence-corrected chi connectivity index (χ1v) is 20.2. The third-order valence-corrected chi connectivity index (χ3v) is 12.5. The second-order valence-electron chi connectivity index (χ2n) is 14.6. The highest BCUT2D eigenvalue weighted by Gasteiger charge is 2.34. The van der Waals surface area contributed by atoms with E-state index in [0.29, 0.717) is 17.0 Å². The van der Waals surface area contributed by atoms with Crippen molar-refractivity contribution >= 4 is 137 Å². The number of nitrogens with one attached hydrogen (secondary N) is 1. The van der Waals surface area contributed by atoms with E-state index in [1.165, 1.54) is 35.4 Å². The van der Waals surface area contributed by atoms with Gasteiger partial charge < -0.3 is 0 Å². The van der Waals surface area contributed by atoms with Crippen molar-refractivity contribution in [3.8, 4) is 0 Å². The lowest BCUT2D eigenvalue weighted by Gasteiger charge is -2.27. The van der Waals surface area contributed by atoms with Gasteiger partial charge in [-0.1, -0.05) is 121 Å². The van der Waals surface area contributed by atoms with Crippen molar-refractivity contribution in [1.29, 1.82) is 0 Å². The Kier molecular flexibility index (Phi) is 8.44. The van der Waals surface area contributed by atoms with Crippen LogP contribution in [0.5, 0.6) is 0 Å². The van der Waals surface area contributed by atoms with Crippen molar-refractivity contribution in [3.63, 3.8) is 0 Å². The molecule has 1 atom stereocenters. The smallest absolute Gasteiger partial charge is 0.258 e. The molecule has 0 bridgehead atoms. The van der Waals surface area contributed by atoms with E-state index in [1.807, 2.05) is 78.9 Å². The molecule has 0 spiro atoms. The molecule has 0 radical (unpaired) electrons. The number of Topliss-reactive ketones (excluding diaryl/α,β-unsaturated/α-hetero) is 2. The normalized spacial score (nSPS) is 14.3. The van der Waals surface area contributed by atoms with Crippen molar-refractivity contribution in [2.75, 3.05) is 0 Å². The molecule has 10 aromatic rings. The highest BCUT2D eigenvalue weighted by Crippen LogP contribution is 2.41. The second kappa shape index (κ2) is 13.6. The SMILES string of the molecule is Brc1nc(Br)c2ccc3cccc4ccc1c2c43.CC(=O)c1nc(C(C)=O)c2ccc3cccc4ccc1c2c43.O=C1NC(=O)C2C=Cc3cccc4ccc1c2c34. The Bertz CT molecular complexity index is 3320. The molecular weight excluding hydrogens is 854 g/mol. The van der Waals surface area contributed by atoms with E-state index in [1.54, 1.807) is 6.07 Å². The average Bonchev–Trinajstić information content (AvgIpc) is 3.23. The van der Waals surface area contributed by atoms with Crippen LogP contribution in [0.3, 0.4) is 0 Å². The fourth-order valence-corrected chi connectivity index (χ4v) is 10.0. The molecule has 1 unspecified atom stereocenters. The summed E-state index contributed by atoms with van der Waals surface area (Å²) in [6.45, 7) is 2.98. The fraction of sp³-hybridized carbons (Fsp3) is 0.0612. The molecule has 1 N–H and O–H groups in total. The van der Waals surface area contributed by atoms with Crippen LogP contribution in [0.25, 0.3) is 81.5 Å². The molecule has 0 saturated heterocycles. The number of halogens is 2. The molecule has 0 fully saturated rings. The molecule has 2 aromatic heterocycles. The number of ketones is 2. The largest absolute Gasteiger partial charge is 0.293 e. The Morgan fingerprint density at radius 2 is 0.983 bits per heavy atom. The highest BCUT2D eigenvalue weighted by molar-refractivity contribution is 9.11. The lowest BCUT2D eigenvalue weighted by Crippen LogP contribution is -2.40. The van der Waals surface area contributed by atoms with Gasteiger partial charge in [-0.2, -0.15) is 0 Å². The zero-order chi connectivity index (χ0) is 40.0. The summed E-state index contributed by atoms with van der Waals surface area (Å²) in [5.74, 6) is -1.11. The number of hydrogen-bond acceptors (Lipinski definition) is 6. The Balaban J connectivity index is 0.000000106. The van der Waals surface area contributed by atoms with Gasteiger partial charge in [0.2, 0.25) is 5.91 Å². The Morgan fingerprint density at radius 3 is 1.50 bits per heavy atom. The Morgan fingerprint density at radius 1 is 0.534 bits per heavy atom. The van der Waals surface area contributed by atoms with Gasteiger partial charge in [-0.05, 0) is 92.1 Å². The molecule has 0 saturated carbocycles. The van der Waals surface area contributed by atoms with Gasteiger partial charge in [-0.25, -0.2) is 9.97 Å². The monoisotopic (exact) mass is 881 g/mol. The van der Waals surface area contributed by atoms with Crippen molar-refractivity contribution in [1.82, 2.24) is 15.3 Å². The predicted octanol–water partition coefficient (Wildman–Crippen LogP) is 12.1. The minimum Gasteiger partial charge on any atom is -0.293 e. The molecule has 1 aliphatic heterocycles. The van der Waals surface area contributed by atoms with Crippen LogP contribution in [-0.2, 0) is 4.79 Å². The number of rotatable bonds is 2. The number of carbonyl (C=O) groups excluding carboxylic acids is 4. The maximum absolute atomic E-state index is 12.0. The summed E-state index contributed by atoms with van der Waals surface area (Å²) in [4.78, 5) is 56.6. The van der Waals surface area contributed by atoms with E-state index >= 15 is 0 Å². The van der Waals surface area contributed by atoms with Crippen LogP contribution in [0.2, 0.25) is 0 Å². The lowest BCUT2D eigenvalue weighted by atomic mass is 9.80. The van der Waals surface area contributed by atoms with Crippen LogP contribution in [0.4, 0.5) is 0 Å². The van der Waals surface area contributed by atoms with E-state index in [4.69, 9.17) is 0 Å². The number of carbonyl (C=O) groups is 4. The van der Waals surface area contributed by atoms with Gasteiger partial charge in [0.15, 0.2) is 11.6 Å². The zero-order valence-corrected chi connectivity index (χ0v) is 34.2. The van der Waals surface area contributed by atoms with Crippen LogP contribution in [-0.4, -0.2) is 33.3 Å². The maximum atomic E-state index is 12.0. The van der Waals surface area contributed by atoms with Gasteiger partial charge in [0, 0.05) is 51.7 Å². The quantitative estimate of drug-likeness (QED) is 0.0802. The number of imide groups is 1. The summed E-state index contributed by atoms with van der Waals surface area (Å²) < 4.78 is 1.78. The van der Waals surface area contributed by atoms with Crippen molar-refractivity contribution in [3.05, 3.63) is 159 Å². The van der Waals surface area contributed by atoms with Crippen molar-refractivity contribution in [2.24, 2.45) is 0 Å². The van der Waals surface area contributed by atoms with E-state index in [0.717, 1.165) is 74.2 Å². The molecule has 1 aliphatic carbocycles. The predicted molar refractivity (Wildman–Crippen MR) is 239 cm³/mol. The van der Waals surface area contributed by atoms with E-state index in [-0.39, 0.29) is 29.3 Å². The van der Waals surface area contributed by atoms with Gasteiger partial charge >= 0.3 is 0 Å². The standard InChI is InChI=1S/C19H13NO2.C15H7Br2N.C15H9NO2/c1-10(21)18-14-8-6-12-4-3-5-13-7-9-15(17(14)16(12)13)19(20-18)11(2)22;16-14-10-6-4-8-2-1-3-9-5-7-11(15(17)18-14)13(10)12(8)9;17-14-10-6-4-8-2-1-3-9-5-7-11(15(18)16-14)13(10)12(8)9/h3-9H,1-2H3;1-7H;1-7,10H,(H,16,17,18). The molecule has 58 heavy (non-hydrogen) atoms. The Labute approximate surface area is 347 Å². The second-order valence-corrected chi connectivity index (χ2v) is 16.1. The van der Waals surface area contributed by atoms with Gasteiger partial charge in [-0.15, -0.1) is 0 Å². The number of hydrogen-bond donors (Lipinski definition) is 1. The average molecular weight is 884 g/mol. The minimum atomic E-state index is -0.337. The molecule has 7 nitrogen and oxygen atoms in total. The van der Waals surface area contributed by atoms with Crippen LogP contribution in [0.1, 0.15) is 62.2 Å². The number of benzene rings is 8. The van der Waals surface area contributed by atoms with Crippen LogP contribution in [0.15, 0.2) is 131 Å². The molecule has 12 rings (SSSR count). The zero-order valence-electron chi connectivity index (χ0n) is 31.0. The van der Waals surface area contributed by atoms with Crippen molar-refractivity contribution < 1.29 is 19.2 Å². The first-order valence-electron chi connectivity index (χ1n) is 18.7. The molecule has 9 heteroatoms. The van der Waals surface area contributed by atoms with E-state index in [9.17, 15) is 19.2 Å². The van der Waals surface area contributed by atoms with Crippen LogP contribution < -0.4 is 5.32 Å². The van der Waals surface area contributed by atoms with Gasteiger partial charge in [0.1, 0.15) is 20.6 Å². The summed E-state index contributed by atoms with van der Waals surface area (Å²) >= 11 is 7.10. The first-order chi connectivity index (χ1) is 28.1. The summed E-state index contributed by atoms with van der Waals surface area (Å²) in [6, 6.07) is 38.7. The molecular formula is C49H29Br2N3O4. The molecule has 2 aliphatic rings. The molecule has 2 amide bonds. The third kappa shape index (κ3) is 5.52. The molecule has 3 heterocycles.